The monoisotopic (exact) mass is 499 g/mol. The number of carbonyl (C=O) groups excluding carboxylic acids is 1. The molecule has 1 aromatic heterocycles. The minimum Gasteiger partial charge on any atom is -0.332 e. The Kier molecular flexibility index (Phi) is 6.74. The zero-order chi connectivity index (χ0) is 22.8. The minimum atomic E-state index is -0.288. The number of aliphatic imine (C=N–C) groups is 1. The number of hydrogen-bond acceptors (Lipinski definition) is 5. The van der Waals surface area contributed by atoms with E-state index in [9.17, 15) is 4.79 Å². The average Bonchev–Trinajstić information content (AvgIpc) is 3.38. The lowest BCUT2D eigenvalue weighted by molar-refractivity contribution is -0.113. The number of thioether (sulfide) groups is 1. The van der Waals surface area contributed by atoms with Gasteiger partial charge in [-0.3, -0.25) is 4.79 Å². The van der Waals surface area contributed by atoms with Crippen molar-refractivity contribution >= 4 is 68.8 Å². The fraction of sp³-hybridized carbons (Fsp3) is 0.292. The van der Waals surface area contributed by atoms with Gasteiger partial charge in [0.15, 0.2) is 5.17 Å². The van der Waals surface area contributed by atoms with E-state index in [1.54, 1.807) is 18.2 Å². The highest BCUT2D eigenvalue weighted by Gasteiger charge is 2.23. The molecule has 0 unspecified atom stereocenters. The molecular weight excluding hydrogens is 477 g/mol. The lowest BCUT2D eigenvalue weighted by atomic mass is 10.1. The summed E-state index contributed by atoms with van der Waals surface area (Å²) in [5.74, 6) is -0.288. The van der Waals surface area contributed by atoms with Crippen LogP contribution < -0.4 is 5.32 Å². The van der Waals surface area contributed by atoms with Crippen molar-refractivity contribution in [3.05, 3.63) is 63.2 Å². The van der Waals surface area contributed by atoms with Crippen molar-refractivity contribution < 1.29 is 4.79 Å². The van der Waals surface area contributed by atoms with Gasteiger partial charge in [-0.15, -0.1) is 0 Å². The van der Waals surface area contributed by atoms with Crippen LogP contribution in [0.15, 0.2) is 52.6 Å². The van der Waals surface area contributed by atoms with Crippen molar-refractivity contribution in [2.24, 2.45) is 4.99 Å². The lowest BCUT2D eigenvalue weighted by Gasteiger charge is -2.26. The average molecular weight is 500 g/mol. The van der Waals surface area contributed by atoms with Gasteiger partial charge in [0.05, 0.1) is 38.0 Å². The number of rotatable bonds is 5. The number of likely N-dealkylation sites (tertiary alicyclic amines) is 1. The van der Waals surface area contributed by atoms with E-state index in [2.05, 4.69) is 30.8 Å². The number of nitrogens with one attached hydrogen (secondary N) is 1. The van der Waals surface area contributed by atoms with Crippen LogP contribution in [-0.4, -0.2) is 45.2 Å². The van der Waals surface area contributed by atoms with Gasteiger partial charge >= 0.3 is 0 Å². The molecular formula is C24H23Cl2N5OS. The van der Waals surface area contributed by atoms with E-state index in [4.69, 9.17) is 23.2 Å². The highest BCUT2D eigenvalue weighted by molar-refractivity contribution is 8.18. The lowest BCUT2D eigenvalue weighted by Crippen LogP contribution is -2.32. The molecule has 2 aliphatic heterocycles. The number of piperidine rings is 1. The zero-order valence-corrected chi connectivity index (χ0v) is 20.3. The summed E-state index contributed by atoms with van der Waals surface area (Å²) in [6.45, 7) is 4.29. The molecule has 0 spiro atoms. The molecule has 0 bridgehead atoms. The van der Waals surface area contributed by atoms with E-state index < -0.39 is 0 Å². The first kappa shape index (κ1) is 22.5. The van der Waals surface area contributed by atoms with E-state index in [-0.39, 0.29) is 5.91 Å². The summed E-state index contributed by atoms with van der Waals surface area (Å²) in [6, 6.07) is 11.3. The van der Waals surface area contributed by atoms with Crippen LogP contribution in [0.2, 0.25) is 10.0 Å². The number of fused-ring (bicyclic) bond motifs is 1. The molecule has 3 aromatic rings. The zero-order valence-electron chi connectivity index (χ0n) is 17.9. The number of aromatic nitrogens is 2. The van der Waals surface area contributed by atoms with Crippen LogP contribution in [0.4, 0.5) is 5.69 Å². The third kappa shape index (κ3) is 5.11. The molecule has 5 rings (SSSR count). The van der Waals surface area contributed by atoms with Crippen molar-refractivity contribution in [2.75, 3.05) is 25.0 Å². The summed E-state index contributed by atoms with van der Waals surface area (Å²) in [4.78, 5) is 24.2. The summed E-state index contributed by atoms with van der Waals surface area (Å²) in [5.41, 5.74) is 3.50. The Labute approximate surface area is 206 Å². The third-order valence-corrected chi connectivity index (χ3v) is 7.39. The maximum Gasteiger partial charge on any atom is 0.286 e. The van der Waals surface area contributed by atoms with Gasteiger partial charge in [-0.25, -0.2) is 4.98 Å². The Morgan fingerprint density at radius 2 is 1.85 bits per heavy atom. The number of anilines is 1. The van der Waals surface area contributed by atoms with E-state index in [1.807, 2.05) is 24.5 Å². The molecule has 3 heterocycles. The summed E-state index contributed by atoms with van der Waals surface area (Å²) in [5, 5.41) is 4.47. The smallest absolute Gasteiger partial charge is 0.286 e. The highest BCUT2D eigenvalue weighted by Crippen LogP contribution is 2.34. The molecule has 2 aliphatic rings. The van der Waals surface area contributed by atoms with Gasteiger partial charge in [-0.1, -0.05) is 41.8 Å². The first-order valence-electron chi connectivity index (χ1n) is 11.0. The van der Waals surface area contributed by atoms with Crippen molar-refractivity contribution in [1.29, 1.82) is 0 Å². The molecule has 33 heavy (non-hydrogen) atoms. The first-order valence-corrected chi connectivity index (χ1v) is 12.5. The highest BCUT2D eigenvalue weighted by atomic mass is 35.5. The topological polar surface area (TPSA) is 62.5 Å². The quantitative estimate of drug-likeness (QED) is 0.442. The Hall–Kier alpha value is -2.32. The van der Waals surface area contributed by atoms with Crippen LogP contribution in [0.3, 0.4) is 0 Å². The molecule has 9 heteroatoms. The number of amidine groups is 1. The second-order valence-electron chi connectivity index (χ2n) is 8.14. The second-order valence-corrected chi connectivity index (χ2v) is 9.99. The van der Waals surface area contributed by atoms with Crippen molar-refractivity contribution in [1.82, 2.24) is 14.5 Å². The maximum atomic E-state index is 12.5. The van der Waals surface area contributed by atoms with Crippen molar-refractivity contribution in [3.63, 3.8) is 0 Å². The minimum absolute atomic E-state index is 0.288. The van der Waals surface area contributed by atoms with Crippen LogP contribution in [0.5, 0.6) is 0 Å². The number of benzene rings is 2. The Balaban J connectivity index is 1.31. The Morgan fingerprint density at radius 3 is 2.64 bits per heavy atom. The number of carbonyl (C=O) groups is 1. The van der Waals surface area contributed by atoms with Gasteiger partial charge in [0, 0.05) is 13.1 Å². The number of hydrogen-bond donors (Lipinski definition) is 1. The van der Waals surface area contributed by atoms with E-state index in [1.165, 1.54) is 44.1 Å². The van der Waals surface area contributed by atoms with Crippen LogP contribution in [-0.2, 0) is 11.3 Å². The van der Waals surface area contributed by atoms with Crippen molar-refractivity contribution in [2.45, 2.75) is 25.8 Å². The normalized spacial score (nSPS) is 18.3. The molecule has 2 aromatic carbocycles. The number of amides is 1. The van der Waals surface area contributed by atoms with Gasteiger partial charge < -0.3 is 14.8 Å². The van der Waals surface area contributed by atoms with Crippen molar-refractivity contribution in [3.8, 4) is 0 Å². The number of para-hydroxylation sites is 1. The molecule has 1 N–H and O–H groups in total. The number of imidazole rings is 1. The van der Waals surface area contributed by atoms with Crippen LogP contribution in [0.25, 0.3) is 17.1 Å². The summed E-state index contributed by atoms with van der Waals surface area (Å²) in [7, 11) is 0. The molecule has 1 saturated heterocycles. The number of halogens is 2. The summed E-state index contributed by atoms with van der Waals surface area (Å²) < 4.78 is 2.19. The Bertz CT molecular complexity index is 1240. The second kappa shape index (κ2) is 9.89. The maximum absolute atomic E-state index is 12.5. The third-order valence-electron chi connectivity index (χ3n) is 5.86. The van der Waals surface area contributed by atoms with E-state index in [0.29, 0.717) is 25.8 Å². The van der Waals surface area contributed by atoms with Gasteiger partial charge in [0.1, 0.15) is 0 Å². The molecule has 1 amide bonds. The number of nitrogens with zero attached hydrogens (tertiary/aromatic N) is 4. The SMILES string of the molecule is O=C1N=C(Nc2c(Cl)cccc2Cl)SC1=Cc1ccc2ncn(CCN3CCCCC3)c2c1. The van der Waals surface area contributed by atoms with Gasteiger partial charge in [-0.2, -0.15) is 4.99 Å². The molecule has 0 saturated carbocycles. The summed E-state index contributed by atoms with van der Waals surface area (Å²) in [6.07, 6.45) is 7.68. The van der Waals surface area contributed by atoms with Crippen LogP contribution >= 0.6 is 35.0 Å². The fourth-order valence-electron chi connectivity index (χ4n) is 4.11. The van der Waals surface area contributed by atoms with Gasteiger partial charge in [0.25, 0.3) is 5.91 Å². The van der Waals surface area contributed by atoms with Gasteiger partial charge in [0.2, 0.25) is 0 Å². The molecule has 0 aliphatic carbocycles. The summed E-state index contributed by atoms with van der Waals surface area (Å²) >= 11 is 13.7. The van der Waals surface area contributed by atoms with E-state index in [0.717, 1.165) is 29.7 Å². The standard InChI is InChI=1S/C24H23Cl2N5OS/c25-17-5-4-6-18(26)22(17)28-24-29-23(32)21(33-24)14-16-7-8-19-20(13-16)31(15-27-19)12-11-30-9-2-1-3-10-30/h4-8,13-15H,1-3,9-12H2,(H,28,29,32). The van der Waals surface area contributed by atoms with E-state index >= 15 is 0 Å². The molecule has 0 atom stereocenters. The first-order chi connectivity index (χ1) is 16.1. The molecule has 0 radical (unpaired) electrons. The van der Waals surface area contributed by atoms with Crippen LogP contribution in [0, 0.1) is 0 Å². The van der Waals surface area contributed by atoms with Gasteiger partial charge in [-0.05, 0) is 73.6 Å². The molecule has 1 fully saturated rings. The molecule has 170 valence electrons. The molecule has 6 nitrogen and oxygen atoms in total. The van der Waals surface area contributed by atoms with Crippen LogP contribution in [0.1, 0.15) is 24.8 Å². The largest absolute Gasteiger partial charge is 0.332 e. The predicted molar refractivity (Wildman–Crippen MR) is 138 cm³/mol. The fourth-order valence-corrected chi connectivity index (χ4v) is 5.42. The Morgan fingerprint density at radius 1 is 1.06 bits per heavy atom. The predicted octanol–water partition coefficient (Wildman–Crippen LogP) is 5.91.